The van der Waals surface area contributed by atoms with Crippen molar-refractivity contribution in [3.63, 3.8) is 0 Å². The average Bonchev–Trinajstić information content (AvgIpc) is 1.59. The summed E-state index contributed by atoms with van der Waals surface area (Å²) in [7, 11) is 1.04. The van der Waals surface area contributed by atoms with Crippen LogP contribution in [0.4, 0.5) is 4.79 Å². The van der Waals surface area contributed by atoms with Crippen molar-refractivity contribution in [2.45, 2.75) is 126 Å². The number of aryl methyl sites for hydroxylation is 1. The van der Waals surface area contributed by atoms with Crippen LogP contribution in [0.15, 0.2) is 47.3 Å². The van der Waals surface area contributed by atoms with Crippen LogP contribution in [0.3, 0.4) is 0 Å². The first-order chi connectivity index (χ1) is 41.3. The van der Waals surface area contributed by atoms with E-state index in [1.165, 1.54) is 0 Å². The minimum Gasteiger partial charge on any atom is -0.458 e. The van der Waals surface area contributed by atoms with Crippen LogP contribution in [-0.2, 0) is 84.1 Å². The van der Waals surface area contributed by atoms with Crippen molar-refractivity contribution in [2.75, 3.05) is 60.0 Å². The van der Waals surface area contributed by atoms with Gasteiger partial charge in [-0.1, -0.05) is 37.3 Å². The highest BCUT2D eigenvalue weighted by Crippen LogP contribution is 2.51. The molecule has 86 heavy (non-hydrogen) atoms. The number of alkyl carbamates (subject to hydrolysis) is 1. The number of methoxy groups -OCH3 is 1. The van der Waals surface area contributed by atoms with E-state index in [2.05, 4.69) is 42.0 Å². The molecule has 1 fully saturated rings. The van der Waals surface area contributed by atoms with E-state index in [1.54, 1.807) is 47.9 Å². The molecule has 4 aliphatic heterocycles. The van der Waals surface area contributed by atoms with Crippen molar-refractivity contribution in [3.05, 3.63) is 86.2 Å². The number of cyclic esters (lactones) is 1. The number of carbonyl (C=O) groups excluding carboxylic acids is 8. The van der Waals surface area contributed by atoms with Crippen LogP contribution in [0.25, 0.3) is 22.3 Å². The molecule has 7 amide bonds. The molecule has 2 aromatic heterocycles. The van der Waals surface area contributed by atoms with Crippen molar-refractivity contribution in [2.24, 2.45) is 0 Å². The number of ether oxygens (including phenoxy) is 6. The van der Waals surface area contributed by atoms with Crippen molar-refractivity contribution < 1.29 is 92.3 Å². The summed E-state index contributed by atoms with van der Waals surface area (Å²) in [5, 5.41) is 69.1. The average molecular weight is 1200 g/mol. The fourth-order valence-electron chi connectivity index (χ4n) is 11.4. The summed E-state index contributed by atoms with van der Waals surface area (Å²) in [6, 6.07) is 9.63. The number of rotatable bonds is 25. The van der Waals surface area contributed by atoms with Gasteiger partial charge in [-0.2, -0.15) is 0 Å². The Labute approximate surface area is 490 Å². The van der Waals surface area contributed by atoms with E-state index < -0.39 is 122 Å². The Kier molecular flexibility index (Phi) is 19.8. The van der Waals surface area contributed by atoms with Gasteiger partial charge in [0.1, 0.15) is 55.9 Å². The van der Waals surface area contributed by atoms with Gasteiger partial charge in [0.05, 0.1) is 62.4 Å². The molecule has 12 N–H and O–H groups in total. The second-order valence-electron chi connectivity index (χ2n) is 21.4. The Morgan fingerprint density at radius 1 is 0.814 bits per heavy atom. The molecule has 9 atom stereocenters. The molecule has 9 rings (SSSR count). The number of nitrogens with zero attached hydrogens (tertiary/aromatic N) is 2. The molecule has 462 valence electrons. The molecule has 0 bridgehead atoms. The Morgan fingerprint density at radius 2 is 1.53 bits per heavy atom. The van der Waals surface area contributed by atoms with Crippen LogP contribution in [0.5, 0.6) is 11.5 Å². The zero-order valence-electron chi connectivity index (χ0n) is 47.1. The number of esters is 1. The van der Waals surface area contributed by atoms with E-state index in [0.717, 1.165) is 35.6 Å². The van der Waals surface area contributed by atoms with Crippen molar-refractivity contribution in [1.82, 2.24) is 46.8 Å². The molecular formula is C57H69N9O20. The number of carbonyl (C=O) groups is 8. The van der Waals surface area contributed by atoms with Gasteiger partial charge < -0.3 is 95.7 Å². The van der Waals surface area contributed by atoms with Gasteiger partial charge in [0.25, 0.3) is 5.56 Å². The molecule has 29 heteroatoms. The lowest BCUT2D eigenvalue weighted by Crippen LogP contribution is -2.60. The molecule has 4 aromatic rings. The van der Waals surface area contributed by atoms with Gasteiger partial charge in [-0.25, -0.2) is 14.6 Å². The zero-order valence-corrected chi connectivity index (χ0v) is 47.1. The number of hydrogen-bond donors (Lipinski definition) is 12. The fraction of sp³-hybridized carbons (Fsp3) is 0.509. The number of benzene rings is 2. The van der Waals surface area contributed by atoms with Crippen LogP contribution in [0.1, 0.15) is 84.7 Å². The second-order valence-corrected chi connectivity index (χ2v) is 21.4. The van der Waals surface area contributed by atoms with Gasteiger partial charge in [0.15, 0.2) is 17.1 Å². The molecule has 2 aromatic carbocycles. The molecule has 0 radical (unpaired) electrons. The summed E-state index contributed by atoms with van der Waals surface area (Å²) in [4.78, 5) is 122. The standard InChI is InChI=1S/C57H69N9O20/c1-3-57(80)33-17-37-47-31(23-66(37)54(77)32(33)25-83-55(57)78)45-29(11-12-30-46(45)35(64-47)18-38-51(30)85-27-84-38)10-7-15-82-26-62-43(70)21-61-53(76)36(16-28-8-5-4-6-9-28)63-44(71)22-59-42(69)20-60-52(75)34(65-56(79)81-2)13-14-41(68)58-19-39-48(72)50(74)49(73)40(24-67)86-39/h4-6,8-9,17-18,29,34,36,39-40,48-50,67,72-74,80H,3,7,10-16,19-27H2,1-2H3,(H,58,68)(H,59,69)(H,60,75)(H,61,76)(H,62,70)(H,63,71)(H,65,79)/t29-,34-,36-,39-,40+,48-,49+,50+,57-/m0/s1. The summed E-state index contributed by atoms with van der Waals surface area (Å²) >= 11 is 0. The van der Waals surface area contributed by atoms with Gasteiger partial charge in [0.2, 0.25) is 42.2 Å². The van der Waals surface area contributed by atoms with Crippen LogP contribution in [-0.4, -0.2) is 185 Å². The molecule has 29 nitrogen and oxygen atoms in total. The number of amides is 7. The number of pyridine rings is 2. The first kappa shape index (κ1) is 62.2. The first-order valence-corrected chi connectivity index (χ1v) is 28.2. The van der Waals surface area contributed by atoms with Crippen LogP contribution in [0.2, 0.25) is 0 Å². The number of aliphatic hydroxyl groups excluding tert-OH is 4. The molecule has 5 aliphatic rings. The lowest BCUT2D eigenvalue weighted by Gasteiger charge is -2.40. The van der Waals surface area contributed by atoms with Gasteiger partial charge in [0, 0.05) is 54.1 Å². The normalized spacial score (nSPS) is 22.0. The van der Waals surface area contributed by atoms with Crippen LogP contribution >= 0.6 is 0 Å². The molecule has 0 unspecified atom stereocenters. The topological polar surface area (TPSA) is 412 Å². The third-order valence-corrected chi connectivity index (χ3v) is 16.0. The third kappa shape index (κ3) is 13.5. The van der Waals surface area contributed by atoms with Crippen LogP contribution < -0.4 is 52.3 Å². The fourth-order valence-corrected chi connectivity index (χ4v) is 11.4. The minimum atomic E-state index is -1.98. The molecule has 1 saturated heterocycles. The quantitative estimate of drug-likeness (QED) is 0.0160. The summed E-state index contributed by atoms with van der Waals surface area (Å²) < 4.78 is 34.4. The molecule has 0 saturated carbocycles. The van der Waals surface area contributed by atoms with Gasteiger partial charge in [-0.05, 0) is 61.6 Å². The summed E-state index contributed by atoms with van der Waals surface area (Å²) in [5.74, 6) is -4.06. The lowest BCUT2D eigenvalue weighted by molar-refractivity contribution is -0.227. The summed E-state index contributed by atoms with van der Waals surface area (Å²) in [5.41, 5.74) is 3.36. The number of nitrogens with one attached hydrogen (secondary N) is 7. The Morgan fingerprint density at radius 3 is 2.27 bits per heavy atom. The van der Waals surface area contributed by atoms with Crippen molar-refractivity contribution in [1.29, 1.82) is 0 Å². The monoisotopic (exact) mass is 1200 g/mol. The third-order valence-electron chi connectivity index (χ3n) is 16.0. The van der Waals surface area contributed by atoms with Gasteiger partial charge in [-0.3, -0.25) is 33.6 Å². The van der Waals surface area contributed by atoms with Gasteiger partial charge in [-0.15, -0.1) is 0 Å². The van der Waals surface area contributed by atoms with E-state index in [0.29, 0.717) is 53.2 Å². The zero-order chi connectivity index (χ0) is 61.4. The minimum absolute atomic E-state index is 0.00538. The number of aliphatic hydroxyl groups is 5. The Bertz CT molecular complexity index is 3320. The maximum absolute atomic E-state index is 14.1. The van der Waals surface area contributed by atoms with E-state index in [9.17, 15) is 68.7 Å². The first-order valence-electron chi connectivity index (χ1n) is 28.2. The molecule has 1 aliphatic carbocycles. The maximum Gasteiger partial charge on any atom is 0.407 e. The molecule has 6 heterocycles. The highest BCUT2D eigenvalue weighted by atomic mass is 16.7. The smallest absolute Gasteiger partial charge is 0.407 e. The Hall–Kier alpha value is -8.32. The largest absolute Gasteiger partial charge is 0.458 e. The summed E-state index contributed by atoms with van der Waals surface area (Å²) in [6.07, 6.45) is -6.26. The number of fused-ring (bicyclic) bond motifs is 7. The van der Waals surface area contributed by atoms with Crippen molar-refractivity contribution >= 4 is 58.4 Å². The maximum atomic E-state index is 14.1. The number of aromatic nitrogens is 2. The van der Waals surface area contributed by atoms with Crippen LogP contribution in [0, 0.1) is 0 Å². The van der Waals surface area contributed by atoms with E-state index in [1.807, 2.05) is 6.07 Å². The predicted octanol–water partition coefficient (Wildman–Crippen LogP) is -2.75. The SMILES string of the molecule is CC[C@@]1(O)C(=O)OCc2c1cc1n(c2=O)Cc2c-1nc1cc3c(c4c1c2[C@@H](CCCOCNC(=O)CNC(=O)[C@H](Cc1ccccc1)NC(=O)CNC(=O)CNC(=O)[C@H](CCC(=O)NC[C@@H]1O[C@H](CO)[C@@H](O)[C@H](O)[C@H]1O)NC(=O)OC)CC4)OCO3. The lowest BCUT2D eigenvalue weighted by atomic mass is 9.77. The van der Waals surface area contributed by atoms with Crippen molar-refractivity contribution in [3.8, 4) is 22.9 Å². The molecule has 0 spiro atoms. The van der Waals surface area contributed by atoms with E-state index >= 15 is 0 Å². The second kappa shape index (κ2) is 27.4. The summed E-state index contributed by atoms with van der Waals surface area (Å²) in [6.45, 7) is -1.04. The van der Waals surface area contributed by atoms with E-state index in [-0.39, 0.29) is 88.1 Å². The van der Waals surface area contributed by atoms with Gasteiger partial charge >= 0.3 is 12.1 Å². The number of hydrogen-bond acceptors (Lipinski definition) is 21. The highest BCUT2D eigenvalue weighted by molar-refractivity contribution is 5.96. The van der Waals surface area contributed by atoms with E-state index in [4.69, 9.17) is 28.7 Å². The highest BCUT2D eigenvalue weighted by Gasteiger charge is 2.47. The predicted molar refractivity (Wildman–Crippen MR) is 296 cm³/mol. The Balaban J connectivity index is 0.730. The molecular weight excluding hydrogens is 1130 g/mol.